The number of benzene rings is 3. The SMILES string of the molecule is CCOc1ccc(CC(NC(=O)[C@@H]2C[C@H](S)CN2S(=O)(=O)c2ccc3ccccc3c2)C(=O)OC)cc1. The van der Waals surface area contributed by atoms with Crippen LogP contribution in [-0.4, -0.2) is 62.2 Å². The second kappa shape index (κ2) is 11.5. The number of nitrogens with zero attached hydrogens (tertiary/aromatic N) is 1. The first-order chi connectivity index (χ1) is 17.7. The molecule has 0 saturated carbocycles. The molecule has 3 atom stereocenters. The van der Waals surface area contributed by atoms with E-state index in [-0.39, 0.29) is 29.5 Å². The van der Waals surface area contributed by atoms with Crippen molar-refractivity contribution in [2.75, 3.05) is 20.3 Å². The van der Waals surface area contributed by atoms with Gasteiger partial charge in [-0.05, 0) is 53.9 Å². The minimum atomic E-state index is -3.99. The van der Waals surface area contributed by atoms with Crippen LogP contribution in [0.3, 0.4) is 0 Å². The van der Waals surface area contributed by atoms with Crippen molar-refractivity contribution >= 4 is 45.3 Å². The first-order valence-electron chi connectivity index (χ1n) is 12.0. The summed E-state index contributed by atoms with van der Waals surface area (Å²) in [4.78, 5) is 26.0. The lowest BCUT2D eigenvalue weighted by Crippen LogP contribution is -2.51. The number of methoxy groups -OCH3 is 1. The van der Waals surface area contributed by atoms with E-state index in [1.807, 2.05) is 43.3 Å². The van der Waals surface area contributed by atoms with Gasteiger partial charge in [-0.2, -0.15) is 16.9 Å². The highest BCUT2D eigenvalue weighted by Crippen LogP contribution is 2.30. The zero-order valence-electron chi connectivity index (χ0n) is 20.7. The first-order valence-corrected chi connectivity index (χ1v) is 14.0. The van der Waals surface area contributed by atoms with Crippen molar-refractivity contribution in [1.82, 2.24) is 9.62 Å². The predicted molar refractivity (Wildman–Crippen MR) is 144 cm³/mol. The zero-order chi connectivity index (χ0) is 26.6. The fourth-order valence-electron chi connectivity index (χ4n) is 4.48. The zero-order valence-corrected chi connectivity index (χ0v) is 22.4. The quantitative estimate of drug-likeness (QED) is 0.318. The number of nitrogens with one attached hydrogen (secondary N) is 1. The number of thiol groups is 1. The van der Waals surface area contributed by atoms with Crippen LogP contribution in [0.25, 0.3) is 10.8 Å². The van der Waals surface area contributed by atoms with E-state index < -0.39 is 34.0 Å². The molecule has 1 unspecified atom stereocenters. The largest absolute Gasteiger partial charge is 0.494 e. The van der Waals surface area contributed by atoms with E-state index in [1.54, 1.807) is 30.3 Å². The van der Waals surface area contributed by atoms with Crippen molar-refractivity contribution in [2.45, 2.75) is 42.0 Å². The maximum absolute atomic E-state index is 13.6. The van der Waals surface area contributed by atoms with Gasteiger partial charge in [0, 0.05) is 18.2 Å². The molecule has 3 aromatic carbocycles. The fraction of sp³-hybridized carbons (Fsp3) is 0.333. The van der Waals surface area contributed by atoms with Crippen molar-refractivity contribution in [3.63, 3.8) is 0 Å². The summed E-state index contributed by atoms with van der Waals surface area (Å²) in [5, 5.41) is 4.09. The van der Waals surface area contributed by atoms with Gasteiger partial charge in [0.2, 0.25) is 15.9 Å². The Hall–Kier alpha value is -3.08. The van der Waals surface area contributed by atoms with Crippen LogP contribution in [0.2, 0.25) is 0 Å². The lowest BCUT2D eigenvalue weighted by molar-refractivity contribution is -0.145. The van der Waals surface area contributed by atoms with E-state index in [2.05, 4.69) is 17.9 Å². The summed E-state index contributed by atoms with van der Waals surface area (Å²) in [7, 11) is -2.75. The number of hydrogen-bond acceptors (Lipinski definition) is 7. The fourth-order valence-corrected chi connectivity index (χ4v) is 6.64. The van der Waals surface area contributed by atoms with Crippen LogP contribution in [0, 0.1) is 0 Å². The van der Waals surface area contributed by atoms with E-state index in [0.29, 0.717) is 12.4 Å². The van der Waals surface area contributed by atoms with Gasteiger partial charge in [0.1, 0.15) is 17.8 Å². The Morgan fingerprint density at radius 2 is 1.78 bits per heavy atom. The molecule has 0 spiro atoms. The van der Waals surface area contributed by atoms with Gasteiger partial charge in [-0.15, -0.1) is 0 Å². The van der Waals surface area contributed by atoms with E-state index in [0.717, 1.165) is 16.3 Å². The number of rotatable bonds is 9. The Bertz CT molecular complexity index is 1380. The molecule has 8 nitrogen and oxygen atoms in total. The summed E-state index contributed by atoms with van der Waals surface area (Å²) in [5.41, 5.74) is 0.790. The van der Waals surface area contributed by atoms with Gasteiger partial charge in [0.25, 0.3) is 0 Å². The summed E-state index contributed by atoms with van der Waals surface area (Å²) >= 11 is 4.48. The highest BCUT2D eigenvalue weighted by atomic mass is 32.2. The molecule has 1 fully saturated rings. The molecule has 37 heavy (non-hydrogen) atoms. The van der Waals surface area contributed by atoms with E-state index in [9.17, 15) is 18.0 Å². The number of fused-ring (bicyclic) bond motifs is 1. The minimum absolute atomic E-state index is 0.0815. The molecule has 1 aliphatic rings. The molecule has 1 saturated heterocycles. The molecular formula is C27H30N2O6S2. The molecular weight excluding hydrogens is 512 g/mol. The van der Waals surface area contributed by atoms with Crippen LogP contribution in [-0.2, 0) is 30.8 Å². The minimum Gasteiger partial charge on any atom is -0.494 e. The highest BCUT2D eigenvalue weighted by molar-refractivity contribution is 7.89. The Balaban J connectivity index is 1.55. The third kappa shape index (κ3) is 6.08. The van der Waals surface area contributed by atoms with Gasteiger partial charge in [-0.1, -0.05) is 42.5 Å². The lowest BCUT2D eigenvalue weighted by atomic mass is 10.0. The number of hydrogen-bond donors (Lipinski definition) is 2. The van der Waals surface area contributed by atoms with Gasteiger partial charge in [-0.3, -0.25) is 4.79 Å². The second-order valence-corrected chi connectivity index (χ2v) is 11.5. The Morgan fingerprint density at radius 1 is 1.08 bits per heavy atom. The molecule has 1 aliphatic heterocycles. The Kier molecular flexibility index (Phi) is 8.41. The van der Waals surface area contributed by atoms with Gasteiger partial charge >= 0.3 is 5.97 Å². The number of sulfonamides is 1. The molecule has 1 N–H and O–H groups in total. The molecule has 1 heterocycles. The monoisotopic (exact) mass is 542 g/mol. The van der Waals surface area contributed by atoms with Gasteiger partial charge in [0.15, 0.2) is 0 Å². The van der Waals surface area contributed by atoms with Crippen molar-refractivity contribution in [3.05, 3.63) is 72.3 Å². The molecule has 0 radical (unpaired) electrons. The summed E-state index contributed by atoms with van der Waals surface area (Å²) in [5.74, 6) is -0.487. The molecule has 4 rings (SSSR count). The van der Waals surface area contributed by atoms with Crippen molar-refractivity contribution in [3.8, 4) is 5.75 Å². The molecule has 1 amide bonds. The van der Waals surface area contributed by atoms with E-state index in [4.69, 9.17) is 9.47 Å². The van der Waals surface area contributed by atoms with Crippen molar-refractivity contribution in [2.24, 2.45) is 0 Å². The lowest BCUT2D eigenvalue weighted by Gasteiger charge is -2.25. The number of amides is 1. The first kappa shape index (κ1) is 27.0. The standard InChI is InChI=1S/C27H30N2O6S2/c1-3-35-21-11-8-18(9-12-21)14-24(27(31)34-2)28-26(30)25-16-22(36)17-29(25)37(32,33)23-13-10-19-6-4-5-7-20(19)15-23/h4-13,15,22,24-25,36H,3,14,16-17H2,1-2H3,(H,28,30)/t22-,24?,25-/m0/s1. The molecule has 10 heteroatoms. The molecule has 0 aliphatic carbocycles. The normalized spacial score (nSPS) is 18.9. The summed E-state index contributed by atoms with van der Waals surface area (Å²) in [6.45, 7) is 2.50. The van der Waals surface area contributed by atoms with Crippen LogP contribution in [0.1, 0.15) is 18.9 Å². The van der Waals surface area contributed by atoms with Crippen LogP contribution in [0.5, 0.6) is 5.75 Å². The van der Waals surface area contributed by atoms with E-state index in [1.165, 1.54) is 11.4 Å². The predicted octanol–water partition coefficient (Wildman–Crippen LogP) is 3.20. The Morgan fingerprint density at radius 3 is 2.46 bits per heavy atom. The smallest absolute Gasteiger partial charge is 0.328 e. The summed E-state index contributed by atoms with van der Waals surface area (Å²) < 4.78 is 38.7. The topological polar surface area (TPSA) is 102 Å². The van der Waals surface area contributed by atoms with Crippen LogP contribution >= 0.6 is 12.6 Å². The third-order valence-corrected chi connectivity index (χ3v) is 8.58. The number of carbonyl (C=O) groups is 2. The highest BCUT2D eigenvalue weighted by Gasteiger charge is 2.43. The van der Waals surface area contributed by atoms with Gasteiger partial charge < -0.3 is 14.8 Å². The van der Waals surface area contributed by atoms with Crippen LogP contribution < -0.4 is 10.1 Å². The van der Waals surface area contributed by atoms with Crippen molar-refractivity contribution in [1.29, 1.82) is 0 Å². The number of carbonyl (C=O) groups excluding carboxylic acids is 2. The Labute approximate surface area is 222 Å². The van der Waals surface area contributed by atoms with Crippen molar-refractivity contribution < 1.29 is 27.5 Å². The molecule has 0 aromatic heterocycles. The number of ether oxygens (including phenoxy) is 2. The molecule has 3 aromatic rings. The summed E-state index contributed by atoms with van der Waals surface area (Å²) in [6, 6.07) is 17.6. The maximum atomic E-state index is 13.6. The maximum Gasteiger partial charge on any atom is 0.328 e. The van der Waals surface area contributed by atoms with Crippen LogP contribution in [0.4, 0.5) is 0 Å². The average Bonchev–Trinajstić information content (AvgIpc) is 3.31. The van der Waals surface area contributed by atoms with Gasteiger partial charge in [-0.25, -0.2) is 13.2 Å². The van der Waals surface area contributed by atoms with E-state index >= 15 is 0 Å². The number of esters is 1. The average molecular weight is 543 g/mol. The van der Waals surface area contributed by atoms with Crippen LogP contribution in [0.15, 0.2) is 71.6 Å². The molecule has 196 valence electrons. The second-order valence-electron chi connectivity index (χ2n) is 8.85. The summed E-state index contributed by atoms with van der Waals surface area (Å²) in [6.07, 6.45) is 0.401. The van der Waals surface area contributed by atoms with Gasteiger partial charge in [0.05, 0.1) is 18.6 Å². The molecule has 0 bridgehead atoms. The third-order valence-electron chi connectivity index (χ3n) is 6.34.